The molecule has 1 rings (SSSR count). The first-order valence-corrected chi connectivity index (χ1v) is 7.61. The van der Waals surface area contributed by atoms with Gasteiger partial charge in [-0.15, -0.1) is 0 Å². The molecule has 0 aromatic rings. The maximum absolute atomic E-state index is 8.95. The van der Waals surface area contributed by atoms with Crippen molar-refractivity contribution in [1.82, 2.24) is 5.32 Å². The molecule has 104 valence electrons. The summed E-state index contributed by atoms with van der Waals surface area (Å²) in [6.45, 7) is 9.95. The van der Waals surface area contributed by atoms with Crippen LogP contribution in [0.2, 0.25) is 0 Å². The van der Waals surface area contributed by atoms with E-state index >= 15 is 0 Å². The largest absolute Gasteiger partial charge is 0.314 e. The number of nitrogens with one attached hydrogen (secondary N) is 1. The van der Waals surface area contributed by atoms with Crippen molar-refractivity contribution < 1.29 is 0 Å². The molecule has 1 fully saturated rings. The normalized spacial score (nSPS) is 28.9. The molecule has 1 N–H and O–H groups in total. The van der Waals surface area contributed by atoms with Gasteiger partial charge in [0.25, 0.3) is 0 Å². The minimum atomic E-state index is -0.146. The molecule has 3 unspecified atom stereocenters. The number of hydrogen-bond donors (Lipinski definition) is 1. The van der Waals surface area contributed by atoms with Crippen LogP contribution >= 0.6 is 0 Å². The smallest absolute Gasteiger partial charge is 0.0683 e. The Kier molecular flexibility index (Phi) is 6.15. The highest BCUT2D eigenvalue weighted by molar-refractivity contribution is 4.91. The van der Waals surface area contributed by atoms with Crippen molar-refractivity contribution in [3.63, 3.8) is 0 Å². The van der Waals surface area contributed by atoms with Gasteiger partial charge in [-0.3, -0.25) is 0 Å². The first kappa shape index (κ1) is 15.5. The molecule has 2 heteroatoms. The highest BCUT2D eigenvalue weighted by Gasteiger charge is 2.26. The van der Waals surface area contributed by atoms with Crippen molar-refractivity contribution in [2.24, 2.45) is 17.3 Å². The van der Waals surface area contributed by atoms with Gasteiger partial charge in [0.1, 0.15) is 0 Å². The second kappa shape index (κ2) is 7.14. The average molecular weight is 250 g/mol. The van der Waals surface area contributed by atoms with E-state index in [2.05, 4.69) is 25.2 Å². The number of hydrogen-bond acceptors (Lipinski definition) is 2. The Morgan fingerprint density at radius 1 is 1.22 bits per heavy atom. The van der Waals surface area contributed by atoms with E-state index in [0.29, 0.717) is 0 Å². The average Bonchev–Trinajstić information content (AvgIpc) is 2.34. The molecule has 0 amide bonds. The van der Waals surface area contributed by atoms with Gasteiger partial charge < -0.3 is 5.32 Å². The predicted molar refractivity (Wildman–Crippen MR) is 77.2 cm³/mol. The minimum Gasteiger partial charge on any atom is -0.314 e. The van der Waals surface area contributed by atoms with Crippen LogP contribution in [0.4, 0.5) is 0 Å². The maximum Gasteiger partial charge on any atom is 0.0683 e. The lowest BCUT2D eigenvalue weighted by molar-refractivity contribution is 0.206. The molecular weight excluding hydrogens is 220 g/mol. The summed E-state index contributed by atoms with van der Waals surface area (Å²) in [6.07, 6.45) is 7.49. The van der Waals surface area contributed by atoms with E-state index in [-0.39, 0.29) is 5.41 Å². The van der Waals surface area contributed by atoms with Crippen LogP contribution in [0.15, 0.2) is 0 Å². The number of unbranched alkanes of at least 4 members (excludes halogenated alkanes) is 1. The van der Waals surface area contributed by atoms with E-state index in [0.717, 1.165) is 37.3 Å². The van der Waals surface area contributed by atoms with Crippen LogP contribution in [0.3, 0.4) is 0 Å². The van der Waals surface area contributed by atoms with Crippen LogP contribution in [0, 0.1) is 28.6 Å². The molecule has 0 bridgehead atoms. The molecule has 1 aliphatic rings. The molecule has 0 aliphatic heterocycles. The Hall–Kier alpha value is -0.550. The quantitative estimate of drug-likeness (QED) is 0.720. The molecule has 0 radical (unpaired) electrons. The number of nitriles is 1. The third kappa shape index (κ3) is 4.98. The molecule has 0 aromatic heterocycles. The molecule has 3 atom stereocenters. The Labute approximate surface area is 113 Å². The van der Waals surface area contributed by atoms with Crippen LogP contribution in [0.5, 0.6) is 0 Å². The summed E-state index contributed by atoms with van der Waals surface area (Å²) in [6, 6.07) is 3.09. The van der Waals surface area contributed by atoms with Gasteiger partial charge in [-0.05, 0) is 51.5 Å². The van der Waals surface area contributed by atoms with Crippen molar-refractivity contribution >= 4 is 0 Å². The van der Waals surface area contributed by atoms with Gasteiger partial charge in [0.2, 0.25) is 0 Å². The summed E-state index contributed by atoms with van der Waals surface area (Å²) in [4.78, 5) is 0. The van der Waals surface area contributed by atoms with E-state index in [4.69, 9.17) is 5.26 Å². The summed E-state index contributed by atoms with van der Waals surface area (Å²) >= 11 is 0. The van der Waals surface area contributed by atoms with Gasteiger partial charge in [-0.25, -0.2) is 0 Å². The van der Waals surface area contributed by atoms with Crippen molar-refractivity contribution in [3.05, 3.63) is 0 Å². The van der Waals surface area contributed by atoms with Gasteiger partial charge in [-0.1, -0.05) is 33.1 Å². The van der Waals surface area contributed by atoms with Crippen LogP contribution < -0.4 is 5.32 Å². The van der Waals surface area contributed by atoms with Gasteiger partial charge in [-0.2, -0.15) is 5.26 Å². The lowest BCUT2D eigenvalue weighted by atomic mass is 9.78. The Morgan fingerprint density at radius 3 is 2.61 bits per heavy atom. The van der Waals surface area contributed by atoms with Crippen LogP contribution in [-0.2, 0) is 0 Å². The third-order valence-corrected chi connectivity index (χ3v) is 4.64. The predicted octanol–water partition coefficient (Wildman–Crippen LogP) is 4.12. The molecule has 0 spiro atoms. The van der Waals surface area contributed by atoms with Gasteiger partial charge in [0.05, 0.1) is 11.5 Å². The molecule has 1 aliphatic carbocycles. The first-order chi connectivity index (χ1) is 8.46. The molecule has 2 nitrogen and oxygen atoms in total. The van der Waals surface area contributed by atoms with Crippen molar-refractivity contribution in [3.8, 4) is 6.07 Å². The van der Waals surface area contributed by atoms with Crippen LogP contribution in [0.1, 0.15) is 66.2 Å². The van der Waals surface area contributed by atoms with E-state index in [1.165, 1.54) is 25.7 Å². The lowest BCUT2D eigenvalue weighted by Gasteiger charge is -2.34. The summed E-state index contributed by atoms with van der Waals surface area (Å²) in [5.41, 5.74) is -0.146. The van der Waals surface area contributed by atoms with Crippen molar-refractivity contribution in [2.75, 3.05) is 6.54 Å². The molecule has 0 heterocycles. The second-order valence-corrected chi connectivity index (χ2v) is 6.78. The fraction of sp³-hybridized carbons (Fsp3) is 0.938. The zero-order valence-electron chi connectivity index (χ0n) is 12.6. The summed E-state index contributed by atoms with van der Waals surface area (Å²) in [5.74, 6) is 1.68. The van der Waals surface area contributed by atoms with E-state index in [9.17, 15) is 0 Å². The van der Waals surface area contributed by atoms with Gasteiger partial charge >= 0.3 is 0 Å². The second-order valence-electron chi connectivity index (χ2n) is 6.78. The third-order valence-electron chi connectivity index (χ3n) is 4.64. The summed E-state index contributed by atoms with van der Waals surface area (Å²) in [5, 5.41) is 12.7. The molecule has 0 aromatic carbocycles. The Balaban J connectivity index is 2.13. The number of rotatable bonds is 6. The molecule has 18 heavy (non-hydrogen) atoms. The zero-order chi connectivity index (χ0) is 13.6. The monoisotopic (exact) mass is 250 g/mol. The SMILES string of the molecule is CC1CCCC(NCCCCC(C)(C)C#N)C1C. The fourth-order valence-corrected chi connectivity index (χ4v) is 2.91. The summed E-state index contributed by atoms with van der Waals surface area (Å²) in [7, 11) is 0. The standard InChI is InChI=1S/C16H30N2/c1-13-8-7-9-15(14(13)2)18-11-6-5-10-16(3,4)12-17/h13-15,18H,5-11H2,1-4H3. The van der Waals surface area contributed by atoms with E-state index in [1.54, 1.807) is 0 Å². The lowest BCUT2D eigenvalue weighted by Crippen LogP contribution is -2.41. The van der Waals surface area contributed by atoms with E-state index < -0.39 is 0 Å². The zero-order valence-corrected chi connectivity index (χ0v) is 12.6. The summed E-state index contributed by atoms with van der Waals surface area (Å²) < 4.78 is 0. The van der Waals surface area contributed by atoms with Gasteiger partial charge in [0.15, 0.2) is 0 Å². The number of nitrogens with zero attached hydrogens (tertiary/aromatic N) is 1. The maximum atomic E-state index is 8.95. The Bertz CT molecular complexity index is 277. The van der Waals surface area contributed by atoms with Crippen molar-refractivity contribution in [1.29, 1.82) is 5.26 Å². The topological polar surface area (TPSA) is 35.8 Å². The van der Waals surface area contributed by atoms with Crippen molar-refractivity contribution in [2.45, 2.75) is 72.3 Å². The molecule has 0 saturated heterocycles. The highest BCUT2D eigenvalue weighted by Crippen LogP contribution is 2.29. The van der Waals surface area contributed by atoms with E-state index in [1.807, 2.05) is 13.8 Å². The highest BCUT2D eigenvalue weighted by atomic mass is 14.9. The molecule has 1 saturated carbocycles. The first-order valence-electron chi connectivity index (χ1n) is 7.61. The van der Waals surface area contributed by atoms with Crippen LogP contribution in [0.25, 0.3) is 0 Å². The van der Waals surface area contributed by atoms with Crippen LogP contribution in [-0.4, -0.2) is 12.6 Å². The van der Waals surface area contributed by atoms with Gasteiger partial charge in [0, 0.05) is 6.04 Å². The fourth-order valence-electron chi connectivity index (χ4n) is 2.91. The Morgan fingerprint density at radius 2 is 1.94 bits per heavy atom. The molecular formula is C16H30N2. The minimum absolute atomic E-state index is 0.146.